The Hall–Kier alpha value is -0.510. The van der Waals surface area contributed by atoms with E-state index in [1.165, 1.54) is 6.17 Å². The average molecular weight is 99.1 g/mol. The summed E-state index contributed by atoms with van der Waals surface area (Å²) in [5.74, 6) is 2.29. The van der Waals surface area contributed by atoms with E-state index in [0.29, 0.717) is 6.42 Å². The topological polar surface area (TPSA) is 0 Å². The van der Waals surface area contributed by atoms with Crippen LogP contribution in [0, 0.1) is 19.0 Å². The Kier molecular flexibility index (Phi) is 5.09. The lowest BCUT2D eigenvalue weighted by atomic mass is 10.3. The summed E-state index contributed by atoms with van der Waals surface area (Å²) >= 11 is 0. The molecule has 0 unspecified atom stereocenters. The summed E-state index contributed by atoms with van der Waals surface area (Å²) in [6, 6.07) is 0. The lowest BCUT2D eigenvalue weighted by molar-refractivity contribution is 0.767. The molecule has 0 saturated heterocycles. The molecule has 0 aromatic rings. The fourth-order valence-electron chi connectivity index (χ4n) is 0.261. The van der Waals surface area contributed by atoms with Gasteiger partial charge in [0.15, 0.2) is 0 Å². The van der Waals surface area contributed by atoms with Crippen molar-refractivity contribution in [3.8, 4) is 12.1 Å². The predicted octanol–water partition coefficient (Wildman–Crippen LogP) is 1.92. The maximum Gasteiger partial charge on any atom is 0.105 e. The second-order valence-electron chi connectivity index (χ2n) is 1.23. The van der Waals surface area contributed by atoms with Crippen molar-refractivity contribution in [3.05, 3.63) is 6.92 Å². The third-order valence-electron chi connectivity index (χ3n) is 0.619. The fraction of sp³-hybridized carbons (Fsp3) is 0.500. The first kappa shape index (κ1) is 6.49. The monoisotopic (exact) mass is 99.1 g/mol. The summed E-state index contributed by atoms with van der Waals surface area (Å²) in [6.07, 6.45) is 3.71. The third-order valence-corrected chi connectivity index (χ3v) is 0.619. The molecule has 0 aliphatic carbocycles. The van der Waals surface area contributed by atoms with Gasteiger partial charge in [0, 0.05) is 6.42 Å². The van der Waals surface area contributed by atoms with Crippen LogP contribution in [0.25, 0.3) is 0 Å². The SMILES string of the molecule is [CH2]CCCC#CF. The van der Waals surface area contributed by atoms with Gasteiger partial charge in [0.25, 0.3) is 0 Å². The molecule has 0 rings (SSSR count). The van der Waals surface area contributed by atoms with Crippen LogP contribution in [0.15, 0.2) is 0 Å². The molecule has 0 aliphatic rings. The average Bonchev–Trinajstić information content (AvgIpc) is 1.69. The molecule has 0 fully saturated rings. The highest BCUT2D eigenvalue weighted by molar-refractivity contribution is 4.89. The molecule has 0 saturated carbocycles. The standard InChI is InChI=1S/C6H8F/c1-2-3-4-5-6-7/h1-4H2. The van der Waals surface area contributed by atoms with Crippen molar-refractivity contribution in [1.29, 1.82) is 0 Å². The first-order valence-corrected chi connectivity index (χ1v) is 2.29. The Morgan fingerprint density at radius 2 is 2.29 bits per heavy atom. The highest BCUT2D eigenvalue weighted by Crippen LogP contribution is 1.89. The number of unbranched alkanes of at least 4 members (excludes halogenated alkanes) is 2. The molecular weight excluding hydrogens is 91.1 g/mol. The lowest BCUT2D eigenvalue weighted by Gasteiger charge is -1.79. The normalized spacial score (nSPS) is 7.14. The van der Waals surface area contributed by atoms with E-state index in [0.717, 1.165) is 12.8 Å². The Morgan fingerprint density at radius 3 is 2.71 bits per heavy atom. The van der Waals surface area contributed by atoms with Crippen LogP contribution in [-0.4, -0.2) is 0 Å². The summed E-state index contributed by atoms with van der Waals surface area (Å²) in [5.41, 5.74) is 0. The van der Waals surface area contributed by atoms with Crippen molar-refractivity contribution >= 4 is 0 Å². The second-order valence-corrected chi connectivity index (χ2v) is 1.23. The smallest absolute Gasteiger partial charge is 0.105 e. The molecule has 0 aliphatic heterocycles. The second kappa shape index (κ2) is 5.49. The van der Waals surface area contributed by atoms with Crippen molar-refractivity contribution in [2.24, 2.45) is 0 Å². The van der Waals surface area contributed by atoms with Crippen LogP contribution in [0.4, 0.5) is 4.39 Å². The first-order chi connectivity index (χ1) is 3.41. The molecule has 7 heavy (non-hydrogen) atoms. The zero-order valence-electron chi connectivity index (χ0n) is 4.21. The minimum Gasteiger partial charge on any atom is -0.144 e. The molecule has 0 aromatic carbocycles. The van der Waals surface area contributed by atoms with Gasteiger partial charge in [-0.2, -0.15) is 0 Å². The summed E-state index contributed by atoms with van der Waals surface area (Å²) in [6.45, 7) is 3.57. The quantitative estimate of drug-likeness (QED) is 0.366. The molecule has 1 heteroatoms. The molecule has 0 aromatic heterocycles. The van der Waals surface area contributed by atoms with Crippen molar-refractivity contribution in [2.45, 2.75) is 19.3 Å². The number of rotatable bonds is 2. The molecule has 0 nitrogen and oxygen atoms in total. The van der Waals surface area contributed by atoms with E-state index in [1.54, 1.807) is 0 Å². The molecule has 0 atom stereocenters. The third kappa shape index (κ3) is 5.49. The van der Waals surface area contributed by atoms with E-state index in [9.17, 15) is 4.39 Å². The van der Waals surface area contributed by atoms with Gasteiger partial charge in [0.05, 0.1) is 0 Å². The Balaban J connectivity index is 2.78. The van der Waals surface area contributed by atoms with Gasteiger partial charge in [-0.25, -0.2) is 0 Å². The minimum atomic E-state index is 0.639. The van der Waals surface area contributed by atoms with Gasteiger partial charge in [-0.05, 0) is 6.42 Å². The number of hydrogen-bond acceptors (Lipinski definition) is 0. The van der Waals surface area contributed by atoms with Crippen molar-refractivity contribution < 1.29 is 4.39 Å². The van der Waals surface area contributed by atoms with Crippen LogP contribution in [0.3, 0.4) is 0 Å². The largest absolute Gasteiger partial charge is 0.144 e. The zero-order chi connectivity index (χ0) is 5.54. The van der Waals surface area contributed by atoms with Gasteiger partial charge in [0.2, 0.25) is 0 Å². The van der Waals surface area contributed by atoms with Gasteiger partial charge in [-0.15, -0.1) is 4.39 Å². The van der Waals surface area contributed by atoms with Crippen LogP contribution >= 0.6 is 0 Å². The van der Waals surface area contributed by atoms with E-state index in [2.05, 4.69) is 12.8 Å². The van der Waals surface area contributed by atoms with E-state index >= 15 is 0 Å². The van der Waals surface area contributed by atoms with E-state index in [4.69, 9.17) is 0 Å². The molecule has 0 amide bonds. The summed E-state index contributed by atoms with van der Waals surface area (Å²) < 4.78 is 10.9. The van der Waals surface area contributed by atoms with E-state index in [-0.39, 0.29) is 0 Å². The molecular formula is C6H8F. The Bertz CT molecular complexity index is 75.9. The van der Waals surface area contributed by atoms with Crippen molar-refractivity contribution in [1.82, 2.24) is 0 Å². The highest BCUT2D eigenvalue weighted by atomic mass is 19.1. The maximum atomic E-state index is 10.9. The van der Waals surface area contributed by atoms with Gasteiger partial charge >= 0.3 is 0 Å². The first-order valence-electron chi connectivity index (χ1n) is 2.29. The van der Waals surface area contributed by atoms with E-state index in [1.807, 2.05) is 0 Å². The zero-order valence-corrected chi connectivity index (χ0v) is 4.21. The Labute approximate surface area is 43.7 Å². The van der Waals surface area contributed by atoms with Crippen LogP contribution in [-0.2, 0) is 0 Å². The van der Waals surface area contributed by atoms with Gasteiger partial charge in [-0.3, -0.25) is 0 Å². The van der Waals surface area contributed by atoms with Gasteiger partial charge in [0.1, 0.15) is 6.17 Å². The van der Waals surface area contributed by atoms with Gasteiger partial charge < -0.3 is 0 Å². The maximum absolute atomic E-state index is 10.9. The molecule has 0 heterocycles. The predicted molar refractivity (Wildman–Crippen MR) is 28.1 cm³/mol. The van der Waals surface area contributed by atoms with Crippen molar-refractivity contribution in [2.75, 3.05) is 0 Å². The number of halogens is 1. The van der Waals surface area contributed by atoms with Crippen molar-refractivity contribution in [3.63, 3.8) is 0 Å². The Morgan fingerprint density at radius 1 is 1.57 bits per heavy atom. The molecule has 0 N–H and O–H groups in total. The lowest BCUT2D eigenvalue weighted by Crippen LogP contribution is -1.64. The molecule has 0 spiro atoms. The van der Waals surface area contributed by atoms with Gasteiger partial charge in [-0.1, -0.05) is 19.3 Å². The summed E-state index contributed by atoms with van der Waals surface area (Å²) in [7, 11) is 0. The minimum absolute atomic E-state index is 0.639. The molecule has 39 valence electrons. The molecule has 0 bridgehead atoms. The summed E-state index contributed by atoms with van der Waals surface area (Å²) in [4.78, 5) is 0. The fourth-order valence-corrected chi connectivity index (χ4v) is 0.261. The summed E-state index contributed by atoms with van der Waals surface area (Å²) in [5, 5.41) is 0. The van der Waals surface area contributed by atoms with Crippen LogP contribution in [0.1, 0.15) is 19.3 Å². The van der Waals surface area contributed by atoms with Crippen LogP contribution in [0.5, 0.6) is 0 Å². The highest BCUT2D eigenvalue weighted by Gasteiger charge is 1.73. The molecule has 1 radical (unpaired) electrons. The number of hydrogen-bond donors (Lipinski definition) is 0. The van der Waals surface area contributed by atoms with Crippen LogP contribution in [0.2, 0.25) is 0 Å². The van der Waals surface area contributed by atoms with Crippen LogP contribution < -0.4 is 0 Å². The van der Waals surface area contributed by atoms with E-state index < -0.39 is 0 Å².